The third-order valence-electron chi connectivity index (χ3n) is 3.28. The quantitative estimate of drug-likeness (QED) is 0.697. The molecule has 0 saturated carbocycles. The average Bonchev–Trinajstić information content (AvgIpc) is 3.27. The van der Waals surface area contributed by atoms with Gasteiger partial charge < -0.3 is 15.2 Å². The van der Waals surface area contributed by atoms with Gasteiger partial charge in [-0.2, -0.15) is 0 Å². The van der Waals surface area contributed by atoms with E-state index in [-0.39, 0.29) is 18.4 Å². The maximum Gasteiger partial charge on any atom is 0.261 e. The molecule has 3 aromatic rings. The van der Waals surface area contributed by atoms with E-state index in [0.29, 0.717) is 10.6 Å². The third kappa shape index (κ3) is 4.71. The fraction of sp³-hybridized carbons (Fsp3) is 0.118. The number of anilines is 1. The zero-order valence-electron chi connectivity index (χ0n) is 13.4. The van der Waals surface area contributed by atoms with Crippen molar-refractivity contribution in [2.24, 2.45) is 7.05 Å². The zero-order valence-corrected chi connectivity index (χ0v) is 15.1. The SMILES string of the molecule is Cn1ccnc1Sc1ccc(NC(=O)CNC(=O)c2cccs2)cc1. The monoisotopic (exact) mass is 372 g/mol. The summed E-state index contributed by atoms with van der Waals surface area (Å²) in [5.74, 6) is -0.513. The first kappa shape index (κ1) is 17.2. The summed E-state index contributed by atoms with van der Waals surface area (Å²) in [7, 11) is 1.94. The van der Waals surface area contributed by atoms with E-state index >= 15 is 0 Å². The van der Waals surface area contributed by atoms with Gasteiger partial charge in [-0.25, -0.2) is 4.98 Å². The topological polar surface area (TPSA) is 76.0 Å². The maximum absolute atomic E-state index is 11.9. The van der Waals surface area contributed by atoms with E-state index in [1.807, 2.05) is 47.5 Å². The Morgan fingerprint density at radius 3 is 2.68 bits per heavy atom. The molecule has 0 fully saturated rings. The van der Waals surface area contributed by atoms with Crippen molar-refractivity contribution >= 4 is 40.6 Å². The van der Waals surface area contributed by atoms with E-state index < -0.39 is 0 Å². The van der Waals surface area contributed by atoms with Crippen molar-refractivity contribution < 1.29 is 9.59 Å². The lowest BCUT2D eigenvalue weighted by atomic mass is 10.3. The molecule has 0 aliphatic heterocycles. The Morgan fingerprint density at radius 1 is 1.24 bits per heavy atom. The van der Waals surface area contributed by atoms with Crippen molar-refractivity contribution in [3.8, 4) is 0 Å². The second-order valence-electron chi connectivity index (χ2n) is 5.16. The predicted molar refractivity (Wildman–Crippen MR) is 99.1 cm³/mol. The van der Waals surface area contributed by atoms with Gasteiger partial charge in [0.25, 0.3) is 5.91 Å². The second-order valence-corrected chi connectivity index (χ2v) is 7.14. The van der Waals surface area contributed by atoms with E-state index in [1.54, 1.807) is 30.1 Å². The van der Waals surface area contributed by atoms with Crippen LogP contribution >= 0.6 is 23.1 Å². The number of hydrogen-bond donors (Lipinski definition) is 2. The van der Waals surface area contributed by atoms with E-state index in [9.17, 15) is 9.59 Å². The van der Waals surface area contributed by atoms with Gasteiger partial charge in [0.05, 0.1) is 11.4 Å². The van der Waals surface area contributed by atoms with Gasteiger partial charge in [0, 0.05) is 30.0 Å². The van der Waals surface area contributed by atoms with Crippen molar-refractivity contribution in [3.63, 3.8) is 0 Å². The minimum atomic E-state index is -0.269. The van der Waals surface area contributed by atoms with Crippen molar-refractivity contribution in [2.75, 3.05) is 11.9 Å². The van der Waals surface area contributed by atoms with E-state index in [4.69, 9.17) is 0 Å². The molecule has 0 bridgehead atoms. The van der Waals surface area contributed by atoms with Crippen LogP contribution < -0.4 is 10.6 Å². The molecule has 25 heavy (non-hydrogen) atoms. The lowest BCUT2D eigenvalue weighted by Gasteiger charge is -2.07. The minimum absolute atomic E-state index is 0.0689. The minimum Gasteiger partial charge on any atom is -0.342 e. The van der Waals surface area contributed by atoms with Gasteiger partial charge in [0.15, 0.2) is 5.16 Å². The summed E-state index contributed by atoms with van der Waals surface area (Å²) in [6.07, 6.45) is 3.64. The number of aromatic nitrogens is 2. The molecule has 1 aromatic carbocycles. The summed E-state index contributed by atoms with van der Waals surface area (Å²) in [6, 6.07) is 11.0. The van der Waals surface area contributed by atoms with Crippen LogP contribution in [0.25, 0.3) is 0 Å². The lowest BCUT2D eigenvalue weighted by Crippen LogP contribution is -2.32. The van der Waals surface area contributed by atoms with Crippen molar-refractivity contribution in [1.82, 2.24) is 14.9 Å². The molecule has 128 valence electrons. The summed E-state index contributed by atoms with van der Waals surface area (Å²) < 4.78 is 1.94. The van der Waals surface area contributed by atoms with Crippen LogP contribution in [0.15, 0.2) is 64.2 Å². The number of nitrogens with one attached hydrogen (secondary N) is 2. The standard InChI is InChI=1S/C17H16N4O2S2/c1-21-9-8-18-17(21)25-13-6-4-12(5-7-13)20-15(22)11-19-16(23)14-3-2-10-24-14/h2-10H,11H2,1H3,(H,19,23)(H,20,22). The lowest BCUT2D eigenvalue weighted by molar-refractivity contribution is -0.115. The molecule has 3 rings (SSSR count). The number of carbonyl (C=O) groups excluding carboxylic acids is 2. The number of hydrogen-bond acceptors (Lipinski definition) is 5. The van der Waals surface area contributed by atoms with Crippen molar-refractivity contribution in [2.45, 2.75) is 10.1 Å². The summed E-state index contributed by atoms with van der Waals surface area (Å²) in [6.45, 7) is -0.0689. The van der Waals surface area contributed by atoms with Gasteiger partial charge in [0.1, 0.15) is 0 Å². The molecular weight excluding hydrogens is 356 g/mol. The van der Waals surface area contributed by atoms with E-state index in [1.165, 1.54) is 11.3 Å². The number of aryl methyl sites for hydroxylation is 1. The fourth-order valence-corrected chi connectivity index (χ4v) is 3.46. The molecular formula is C17H16N4O2S2. The van der Waals surface area contributed by atoms with E-state index in [2.05, 4.69) is 15.6 Å². The molecule has 8 heteroatoms. The molecule has 0 radical (unpaired) electrons. The van der Waals surface area contributed by atoms with Crippen LogP contribution in [0.1, 0.15) is 9.67 Å². The molecule has 0 aliphatic rings. The van der Waals surface area contributed by atoms with Gasteiger partial charge in [0.2, 0.25) is 5.91 Å². The number of rotatable bonds is 6. The van der Waals surface area contributed by atoms with Crippen LogP contribution in [-0.4, -0.2) is 27.9 Å². The Hall–Kier alpha value is -2.58. The highest BCUT2D eigenvalue weighted by Gasteiger charge is 2.09. The maximum atomic E-state index is 11.9. The first-order chi connectivity index (χ1) is 12.1. The largest absolute Gasteiger partial charge is 0.342 e. The van der Waals surface area contributed by atoms with Gasteiger partial charge in [-0.05, 0) is 35.7 Å². The van der Waals surface area contributed by atoms with Crippen LogP contribution in [0.3, 0.4) is 0 Å². The number of thiophene rings is 1. The van der Waals surface area contributed by atoms with Gasteiger partial charge in [-0.15, -0.1) is 11.3 Å². The molecule has 2 amide bonds. The van der Waals surface area contributed by atoms with Crippen LogP contribution in [0.4, 0.5) is 5.69 Å². The predicted octanol–water partition coefficient (Wildman–Crippen LogP) is 3.00. The smallest absolute Gasteiger partial charge is 0.261 e. The zero-order chi connectivity index (χ0) is 17.6. The fourth-order valence-electron chi connectivity index (χ4n) is 2.02. The first-order valence-electron chi connectivity index (χ1n) is 7.48. The Balaban J connectivity index is 1.50. The molecule has 2 N–H and O–H groups in total. The van der Waals surface area contributed by atoms with Crippen LogP contribution in [0.2, 0.25) is 0 Å². The molecule has 2 aromatic heterocycles. The molecule has 0 atom stereocenters. The number of nitrogens with zero attached hydrogens (tertiary/aromatic N) is 2. The highest BCUT2D eigenvalue weighted by Crippen LogP contribution is 2.26. The van der Waals surface area contributed by atoms with Crippen LogP contribution in [-0.2, 0) is 11.8 Å². The van der Waals surface area contributed by atoms with Crippen molar-refractivity contribution in [3.05, 3.63) is 59.0 Å². The Kier molecular flexibility index (Phi) is 5.52. The molecule has 2 heterocycles. The molecule has 0 unspecified atom stereocenters. The number of carbonyl (C=O) groups is 2. The molecule has 0 aliphatic carbocycles. The normalized spacial score (nSPS) is 10.4. The Morgan fingerprint density at radius 2 is 2.04 bits per heavy atom. The van der Waals surface area contributed by atoms with Crippen molar-refractivity contribution in [1.29, 1.82) is 0 Å². The third-order valence-corrected chi connectivity index (χ3v) is 5.23. The highest BCUT2D eigenvalue weighted by atomic mass is 32.2. The number of benzene rings is 1. The summed E-state index contributed by atoms with van der Waals surface area (Å²) >= 11 is 2.88. The number of amides is 2. The van der Waals surface area contributed by atoms with Crippen LogP contribution in [0, 0.1) is 0 Å². The summed E-state index contributed by atoms with van der Waals surface area (Å²) in [4.78, 5) is 29.6. The Labute approximate surface area is 153 Å². The second kappa shape index (κ2) is 8.00. The highest BCUT2D eigenvalue weighted by molar-refractivity contribution is 7.99. The first-order valence-corrected chi connectivity index (χ1v) is 9.18. The van der Waals surface area contributed by atoms with Gasteiger partial charge in [-0.3, -0.25) is 9.59 Å². The summed E-state index contributed by atoms with van der Waals surface area (Å²) in [5.41, 5.74) is 0.680. The molecule has 0 spiro atoms. The Bertz CT molecular complexity index is 857. The van der Waals surface area contributed by atoms with Gasteiger partial charge >= 0.3 is 0 Å². The summed E-state index contributed by atoms with van der Waals surface area (Å²) in [5, 5.41) is 8.07. The van der Waals surface area contributed by atoms with Crippen LogP contribution in [0.5, 0.6) is 0 Å². The van der Waals surface area contributed by atoms with E-state index in [0.717, 1.165) is 10.1 Å². The average molecular weight is 372 g/mol. The van der Waals surface area contributed by atoms with Gasteiger partial charge in [-0.1, -0.05) is 17.8 Å². The number of imidazole rings is 1. The molecule has 0 saturated heterocycles. The molecule has 6 nitrogen and oxygen atoms in total.